The lowest BCUT2D eigenvalue weighted by Gasteiger charge is -2.14. The quantitative estimate of drug-likeness (QED) is 0.553. The molecule has 2 heterocycles. The predicted octanol–water partition coefficient (Wildman–Crippen LogP) is 1.61. The zero-order valence-electron chi connectivity index (χ0n) is 16.1. The van der Waals surface area contributed by atoms with Crippen molar-refractivity contribution in [3.05, 3.63) is 51.2 Å². The van der Waals surface area contributed by atoms with Gasteiger partial charge in [-0.1, -0.05) is 32.0 Å². The van der Waals surface area contributed by atoms with Gasteiger partial charge >= 0.3 is 5.69 Å². The third kappa shape index (κ3) is 4.48. The first-order valence-corrected chi connectivity index (χ1v) is 10.0. The minimum Gasteiger partial charge on any atom is -0.491 e. The van der Waals surface area contributed by atoms with Crippen molar-refractivity contribution in [2.45, 2.75) is 31.5 Å². The van der Waals surface area contributed by atoms with Crippen LogP contribution in [0.4, 0.5) is 0 Å². The number of fused-ring (bicyclic) bond motifs is 1. The normalized spacial score (nSPS) is 12.6. The van der Waals surface area contributed by atoms with E-state index in [1.807, 2.05) is 30.3 Å². The lowest BCUT2D eigenvalue weighted by atomic mass is 10.3. The highest BCUT2D eigenvalue weighted by Crippen LogP contribution is 2.27. The summed E-state index contributed by atoms with van der Waals surface area (Å²) in [7, 11) is 1.56. The summed E-state index contributed by atoms with van der Waals surface area (Å²) in [6.45, 7) is 4.40. The maximum Gasteiger partial charge on any atom is 0.329 e. The zero-order valence-corrected chi connectivity index (χ0v) is 16.9. The summed E-state index contributed by atoms with van der Waals surface area (Å²) >= 11 is 1.49. The molecule has 28 heavy (non-hydrogen) atoms. The molecule has 1 unspecified atom stereocenters. The number of hydrogen-bond acceptors (Lipinski definition) is 6. The Hall–Kier alpha value is -2.52. The zero-order chi connectivity index (χ0) is 20.3. The van der Waals surface area contributed by atoms with Gasteiger partial charge in [0.2, 0.25) is 0 Å². The molecule has 1 aromatic carbocycles. The Balaban J connectivity index is 1.89. The number of H-pyrrole nitrogens is 1. The van der Waals surface area contributed by atoms with Crippen LogP contribution in [0, 0.1) is 5.92 Å². The molecule has 0 aliphatic carbocycles. The van der Waals surface area contributed by atoms with Crippen LogP contribution in [0.1, 0.15) is 13.8 Å². The van der Waals surface area contributed by atoms with Gasteiger partial charge in [-0.15, -0.1) is 11.8 Å². The van der Waals surface area contributed by atoms with Gasteiger partial charge in [0.15, 0.2) is 5.65 Å². The van der Waals surface area contributed by atoms with Crippen molar-refractivity contribution in [1.82, 2.24) is 19.3 Å². The number of benzene rings is 1. The van der Waals surface area contributed by atoms with E-state index in [0.717, 1.165) is 5.75 Å². The van der Waals surface area contributed by atoms with Gasteiger partial charge in [0, 0.05) is 12.8 Å². The number of para-hydroxylation sites is 1. The first-order valence-electron chi connectivity index (χ1n) is 9.05. The lowest BCUT2D eigenvalue weighted by molar-refractivity contribution is 0.0873. The van der Waals surface area contributed by atoms with E-state index in [9.17, 15) is 14.7 Å². The van der Waals surface area contributed by atoms with Gasteiger partial charge in [-0.2, -0.15) is 5.10 Å². The number of hydrogen-bond donors (Lipinski definition) is 2. The second-order valence-corrected chi connectivity index (χ2v) is 8.00. The molecule has 0 saturated heterocycles. The molecule has 3 rings (SSSR count). The Morgan fingerprint density at radius 3 is 2.64 bits per heavy atom. The molecule has 0 radical (unpaired) electrons. The van der Waals surface area contributed by atoms with Crippen LogP contribution >= 0.6 is 11.8 Å². The molecule has 0 spiro atoms. The number of aliphatic hydroxyl groups is 1. The van der Waals surface area contributed by atoms with E-state index in [2.05, 4.69) is 23.9 Å². The second kappa shape index (κ2) is 8.66. The summed E-state index contributed by atoms with van der Waals surface area (Å²) in [5, 5.41) is 15.9. The molecule has 150 valence electrons. The number of aliphatic hydroxyl groups excluding tert-OH is 1. The Labute approximate surface area is 166 Å². The lowest BCUT2D eigenvalue weighted by Crippen LogP contribution is -2.28. The van der Waals surface area contributed by atoms with Gasteiger partial charge in [-0.3, -0.25) is 19.0 Å². The average Bonchev–Trinajstić information content (AvgIpc) is 3.02. The number of nitrogens with one attached hydrogen (secondary N) is 1. The minimum atomic E-state index is -0.830. The second-order valence-electron chi connectivity index (χ2n) is 6.99. The Morgan fingerprint density at radius 1 is 1.25 bits per heavy atom. The Kier molecular flexibility index (Phi) is 6.25. The molecule has 0 bridgehead atoms. The summed E-state index contributed by atoms with van der Waals surface area (Å²) in [4.78, 5) is 26.6. The SMILES string of the molecule is CC(C)CSc1c2c(=O)[nH]c(=O)n(C)c2nn1CC(O)COc1ccccc1. The van der Waals surface area contributed by atoms with E-state index in [0.29, 0.717) is 27.7 Å². The van der Waals surface area contributed by atoms with Crippen LogP contribution in [0.2, 0.25) is 0 Å². The van der Waals surface area contributed by atoms with E-state index in [4.69, 9.17) is 4.74 Å². The highest BCUT2D eigenvalue weighted by atomic mass is 32.2. The summed E-state index contributed by atoms with van der Waals surface area (Å²) in [5.74, 6) is 1.85. The maximum absolute atomic E-state index is 12.4. The van der Waals surface area contributed by atoms with Crippen LogP contribution in [0.25, 0.3) is 11.0 Å². The molecule has 0 aliphatic heterocycles. The summed E-state index contributed by atoms with van der Waals surface area (Å²) in [6, 6.07) is 9.23. The van der Waals surface area contributed by atoms with Crippen LogP contribution in [0.15, 0.2) is 44.9 Å². The average molecular weight is 404 g/mol. The molecule has 3 aromatic rings. The number of nitrogens with zero attached hydrogens (tertiary/aromatic N) is 3. The van der Waals surface area contributed by atoms with Crippen molar-refractivity contribution >= 4 is 22.8 Å². The fraction of sp³-hybridized carbons (Fsp3) is 0.421. The number of aromatic nitrogens is 4. The van der Waals surface area contributed by atoms with Gasteiger partial charge in [0.1, 0.15) is 28.9 Å². The molecular weight excluding hydrogens is 380 g/mol. The number of thioether (sulfide) groups is 1. The van der Waals surface area contributed by atoms with Crippen LogP contribution in [-0.2, 0) is 13.6 Å². The van der Waals surface area contributed by atoms with Crippen LogP contribution in [-0.4, -0.2) is 42.9 Å². The van der Waals surface area contributed by atoms with Crippen molar-refractivity contribution in [2.75, 3.05) is 12.4 Å². The van der Waals surface area contributed by atoms with Gasteiger partial charge in [0.25, 0.3) is 5.56 Å². The molecule has 0 amide bonds. The number of aromatic amines is 1. The van der Waals surface area contributed by atoms with Gasteiger partial charge in [0.05, 0.1) is 6.54 Å². The van der Waals surface area contributed by atoms with Gasteiger partial charge < -0.3 is 9.84 Å². The van der Waals surface area contributed by atoms with Crippen LogP contribution in [0.3, 0.4) is 0 Å². The molecule has 2 aromatic heterocycles. The summed E-state index contributed by atoms with van der Waals surface area (Å²) in [5.41, 5.74) is -0.683. The van der Waals surface area contributed by atoms with E-state index in [1.54, 1.807) is 11.7 Å². The van der Waals surface area contributed by atoms with Crippen molar-refractivity contribution in [3.8, 4) is 5.75 Å². The highest BCUT2D eigenvalue weighted by molar-refractivity contribution is 7.99. The van der Waals surface area contributed by atoms with Crippen molar-refractivity contribution in [3.63, 3.8) is 0 Å². The Bertz CT molecular complexity index is 1060. The van der Waals surface area contributed by atoms with Crippen molar-refractivity contribution in [1.29, 1.82) is 0 Å². The van der Waals surface area contributed by atoms with Gasteiger partial charge in [-0.25, -0.2) is 4.79 Å². The number of rotatable bonds is 8. The summed E-state index contributed by atoms with van der Waals surface area (Å²) in [6.07, 6.45) is -0.830. The minimum absolute atomic E-state index is 0.0871. The highest BCUT2D eigenvalue weighted by Gasteiger charge is 2.20. The van der Waals surface area contributed by atoms with E-state index >= 15 is 0 Å². The third-order valence-electron chi connectivity index (χ3n) is 4.08. The van der Waals surface area contributed by atoms with Crippen LogP contribution < -0.4 is 16.0 Å². The standard InChI is InChI=1S/C19H24N4O4S/c1-12(2)11-28-18-15-16(22(3)19(26)20-17(15)25)21-23(18)9-13(24)10-27-14-7-5-4-6-8-14/h4-8,12-13,24H,9-11H2,1-3H3,(H,20,25,26). The molecule has 0 saturated carbocycles. The van der Waals surface area contributed by atoms with Crippen molar-refractivity contribution < 1.29 is 9.84 Å². The molecule has 0 fully saturated rings. The first kappa shape index (κ1) is 20.2. The summed E-state index contributed by atoms with van der Waals surface area (Å²) < 4.78 is 8.49. The van der Waals surface area contributed by atoms with E-state index < -0.39 is 17.4 Å². The predicted molar refractivity (Wildman–Crippen MR) is 109 cm³/mol. The van der Waals surface area contributed by atoms with E-state index in [-0.39, 0.29) is 13.2 Å². The number of aryl methyl sites for hydroxylation is 1. The number of ether oxygens (including phenoxy) is 1. The monoisotopic (exact) mass is 404 g/mol. The topological polar surface area (TPSA) is 102 Å². The molecule has 1 atom stereocenters. The van der Waals surface area contributed by atoms with Crippen LogP contribution in [0.5, 0.6) is 5.75 Å². The smallest absolute Gasteiger partial charge is 0.329 e. The molecular formula is C19H24N4O4S. The molecule has 8 nitrogen and oxygen atoms in total. The fourth-order valence-electron chi connectivity index (χ4n) is 2.69. The third-order valence-corrected chi connectivity index (χ3v) is 5.60. The van der Waals surface area contributed by atoms with E-state index in [1.165, 1.54) is 16.3 Å². The van der Waals surface area contributed by atoms with Crippen molar-refractivity contribution in [2.24, 2.45) is 13.0 Å². The van der Waals surface area contributed by atoms with Gasteiger partial charge in [-0.05, 0) is 18.1 Å². The Morgan fingerprint density at radius 2 is 1.96 bits per heavy atom. The largest absolute Gasteiger partial charge is 0.491 e. The molecule has 0 aliphatic rings. The first-order chi connectivity index (χ1) is 13.4. The maximum atomic E-state index is 12.4. The fourth-order valence-corrected chi connectivity index (χ4v) is 3.77. The molecule has 9 heteroatoms. The molecule has 2 N–H and O–H groups in total.